The molecule has 20 heavy (non-hydrogen) atoms. The number of carbonyl (C=O) groups is 1. The normalized spacial score (nSPS) is 26.4. The summed E-state index contributed by atoms with van der Waals surface area (Å²) >= 11 is 0. The SMILES string of the molecule is CO[C@H]1O[C@H]([C@@H](O)CO)/C(=C/c2ccc(CO)o2)C1=O. The minimum atomic E-state index is -1.24. The Morgan fingerprint density at radius 2 is 2.20 bits per heavy atom. The van der Waals surface area contributed by atoms with Gasteiger partial charge in [-0.3, -0.25) is 4.79 Å². The Bertz CT molecular complexity index is 505. The van der Waals surface area contributed by atoms with Crippen molar-refractivity contribution in [1.82, 2.24) is 0 Å². The number of methoxy groups -OCH3 is 1. The molecule has 0 amide bonds. The molecule has 110 valence electrons. The number of ether oxygens (including phenoxy) is 2. The Hall–Kier alpha value is -1.51. The Morgan fingerprint density at radius 1 is 1.45 bits per heavy atom. The summed E-state index contributed by atoms with van der Waals surface area (Å²) in [4.78, 5) is 12.0. The Kier molecular flexibility index (Phi) is 4.69. The number of carbonyl (C=O) groups excluding carboxylic acids is 1. The van der Waals surface area contributed by atoms with Gasteiger partial charge in [-0.2, -0.15) is 0 Å². The number of Topliss-reactive ketones (excluding diaryl/α,β-unsaturated/α-hetero) is 1. The predicted octanol–water partition coefficient (Wildman–Crippen LogP) is -0.551. The Labute approximate surface area is 115 Å². The highest BCUT2D eigenvalue weighted by Crippen LogP contribution is 2.28. The maximum Gasteiger partial charge on any atom is 0.222 e. The zero-order valence-corrected chi connectivity index (χ0v) is 10.9. The minimum Gasteiger partial charge on any atom is -0.459 e. The molecule has 0 aromatic carbocycles. The molecule has 0 saturated carbocycles. The molecule has 1 aliphatic heterocycles. The van der Waals surface area contributed by atoms with Crippen LogP contribution in [0.15, 0.2) is 22.1 Å². The summed E-state index contributed by atoms with van der Waals surface area (Å²) in [6, 6.07) is 3.15. The standard InChI is InChI=1S/C13H16O7/c1-18-13-11(17)9(12(20-13)10(16)6-15)4-7-2-3-8(5-14)19-7/h2-4,10,12-16H,5-6H2,1H3/b9-4+/t10-,12-,13-/m0/s1. The van der Waals surface area contributed by atoms with E-state index in [4.69, 9.17) is 24.1 Å². The van der Waals surface area contributed by atoms with Crippen molar-refractivity contribution in [3.8, 4) is 0 Å². The lowest BCUT2D eigenvalue weighted by Crippen LogP contribution is -2.31. The zero-order chi connectivity index (χ0) is 14.7. The van der Waals surface area contributed by atoms with Crippen molar-refractivity contribution in [2.75, 3.05) is 13.7 Å². The van der Waals surface area contributed by atoms with Gasteiger partial charge < -0.3 is 29.2 Å². The summed E-state index contributed by atoms with van der Waals surface area (Å²) in [5.74, 6) is 0.255. The van der Waals surface area contributed by atoms with E-state index in [0.717, 1.165) is 0 Å². The highest BCUT2D eigenvalue weighted by Gasteiger charge is 2.42. The number of hydrogen-bond donors (Lipinski definition) is 3. The van der Waals surface area contributed by atoms with Crippen molar-refractivity contribution in [2.24, 2.45) is 0 Å². The number of aliphatic hydroxyl groups is 3. The van der Waals surface area contributed by atoms with E-state index in [1.54, 1.807) is 12.1 Å². The maximum atomic E-state index is 12.0. The summed E-state index contributed by atoms with van der Waals surface area (Å²) in [7, 11) is 1.31. The molecule has 0 unspecified atom stereocenters. The van der Waals surface area contributed by atoms with Crippen LogP contribution in [0.2, 0.25) is 0 Å². The fourth-order valence-corrected chi connectivity index (χ4v) is 1.96. The predicted molar refractivity (Wildman–Crippen MR) is 66.4 cm³/mol. The van der Waals surface area contributed by atoms with Gasteiger partial charge in [0.05, 0.1) is 6.61 Å². The second-order valence-corrected chi connectivity index (χ2v) is 4.30. The number of ketones is 1. The van der Waals surface area contributed by atoms with E-state index in [1.807, 2.05) is 0 Å². The van der Waals surface area contributed by atoms with E-state index in [-0.39, 0.29) is 12.2 Å². The van der Waals surface area contributed by atoms with Gasteiger partial charge in [0.25, 0.3) is 0 Å². The van der Waals surface area contributed by atoms with Crippen molar-refractivity contribution >= 4 is 11.9 Å². The maximum absolute atomic E-state index is 12.0. The molecule has 0 aliphatic carbocycles. The number of furan rings is 1. The van der Waals surface area contributed by atoms with Gasteiger partial charge in [0, 0.05) is 12.7 Å². The molecular formula is C13H16O7. The van der Waals surface area contributed by atoms with Gasteiger partial charge >= 0.3 is 0 Å². The van der Waals surface area contributed by atoms with Crippen LogP contribution in [0.5, 0.6) is 0 Å². The molecule has 2 rings (SSSR count). The van der Waals surface area contributed by atoms with E-state index in [2.05, 4.69) is 0 Å². The fourth-order valence-electron chi connectivity index (χ4n) is 1.96. The molecular weight excluding hydrogens is 268 g/mol. The molecule has 7 heteroatoms. The topological polar surface area (TPSA) is 109 Å². The van der Waals surface area contributed by atoms with Crippen LogP contribution in [0, 0.1) is 0 Å². The number of aliphatic hydroxyl groups excluding tert-OH is 3. The van der Waals surface area contributed by atoms with Gasteiger partial charge in [-0.05, 0) is 18.2 Å². The molecule has 2 heterocycles. The van der Waals surface area contributed by atoms with Crippen molar-refractivity contribution in [2.45, 2.75) is 25.1 Å². The fraction of sp³-hybridized carbons (Fsp3) is 0.462. The van der Waals surface area contributed by atoms with E-state index >= 15 is 0 Å². The van der Waals surface area contributed by atoms with Gasteiger partial charge in [-0.1, -0.05) is 0 Å². The van der Waals surface area contributed by atoms with Crippen LogP contribution in [-0.2, 0) is 20.9 Å². The number of rotatable bonds is 5. The first-order chi connectivity index (χ1) is 9.60. The zero-order valence-electron chi connectivity index (χ0n) is 10.9. The average Bonchev–Trinajstić information content (AvgIpc) is 3.04. The molecule has 1 aliphatic rings. The summed E-state index contributed by atoms with van der Waals surface area (Å²) < 4.78 is 15.4. The van der Waals surface area contributed by atoms with Crippen molar-refractivity contribution < 1.29 is 34.0 Å². The van der Waals surface area contributed by atoms with Gasteiger partial charge in [-0.15, -0.1) is 0 Å². The van der Waals surface area contributed by atoms with Crippen LogP contribution in [-0.4, -0.2) is 53.3 Å². The molecule has 1 aromatic heterocycles. The molecule has 7 nitrogen and oxygen atoms in total. The lowest BCUT2D eigenvalue weighted by Gasteiger charge is -2.16. The molecule has 1 aromatic rings. The van der Waals surface area contributed by atoms with E-state index in [1.165, 1.54) is 13.2 Å². The highest BCUT2D eigenvalue weighted by molar-refractivity contribution is 6.04. The summed E-state index contributed by atoms with van der Waals surface area (Å²) in [5, 5.41) is 27.6. The third kappa shape index (κ3) is 2.82. The molecule has 1 fully saturated rings. The lowest BCUT2D eigenvalue weighted by molar-refractivity contribution is -0.159. The van der Waals surface area contributed by atoms with E-state index < -0.39 is 30.9 Å². The third-order valence-corrected chi connectivity index (χ3v) is 2.96. The smallest absolute Gasteiger partial charge is 0.222 e. The molecule has 0 radical (unpaired) electrons. The molecule has 0 bridgehead atoms. The van der Waals surface area contributed by atoms with Crippen LogP contribution >= 0.6 is 0 Å². The second-order valence-electron chi connectivity index (χ2n) is 4.30. The monoisotopic (exact) mass is 284 g/mol. The largest absolute Gasteiger partial charge is 0.459 e. The van der Waals surface area contributed by atoms with E-state index in [9.17, 15) is 9.90 Å². The first-order valence-corrected chi connectivity index (χ1v) is 6.03. The lowest BCUT2D eigenvalue weighted by atomic mass is 10.0. The van der Waals surface area contributed by atoms with Gasteiger partial charge in [0.1, 0.15) is 30.3 Å². The molecule has 3 atom stereocenters. The molecule has 3 N–H and O–H groups in total. The Balaban J connectivity index is 2.31. The van der Waals surface area contributed by atoms with Crippen molar-refractivity contribution in [3.63, 3.8) is 0 Å². The average molecular weight is 284 g/mol. The second kappa shape index (κ2) is 6.29. The van der Waals surface area contributed by atoms with E-state index in [0.29, 0.717) is 11.5 Å². The minimum absolute atomic E-state index is 0.150. The highest BCUT2D eigenvalue weighted by atomic mass is 16.7. The van der Waals surface area contributed by atoms with Gasteiger partial charge in [0.15, 0.2) is 0 Å². The van der Waals surface area contributed by atoms with Crippen LogP contribution < -0.4 is 0 Å². The van der Waals surface area contributed by atoms with Crippen molar-refractivity contribution in [3.05, 3.63) is 29.2 Å². The first kappa shape index (κ1) is 14.9. The van der Waals surface area contributed by atoms with Crippen LogP contribution in [0.4, 0.5) is 0 Å². The van der Waals surface area contributed by atoms with Crippen molar-refractivity contribution in [1.29, 1.82) is 0 Å². The molecule has 1 saturated heterocycles. The van der Waals surface area contributed by atoms with Crippen LogP contribution in [0.25, 0.3) is 6.08 Å². The summed E-state index contributed by atoms with van der Waals surface area (Å²) in [6.45, 7) is -0.803. The van der Waals surface area contributed by atoms with Gasteiger partial charge in [-0.25, -0.2) is 0 Å². The summed E-state index contributed by atoms with van der Waals surface area (Å²) in [5.41, 5.74) is 0.150. The first-order valence-electron chi connectivity index (χ1n) is 6.03. The third-order valence-electron chi connectivity index (χ3n) is 2.96. The van der Waals surface area contributed by atoms with Gasteiger partial charge in [0.2, 0.25) is 12.1 Å². The summed E-state index contributed by atoms with van der Waals surface area (Å²) in [6.07, 6.45) is -1.93. The molecule has 0 spiro atoms. The quantitative estimate of drug-likeness (QED) is 0.622. The Morgan fingerprint density at radius 3 is 2.75 bits per heavy atom. The number of hydrogen-bond acceptors (Lipinski definition) is 7. The van der Waals surface area contributed by atoms with Crippen LogP contribution in [0.3, 0.4) is 0 Å². The van der Waals surface area contributed by atoms with Crippen LogP contribution in [0.1, 0.15) is 11.5 Å².